The summed E-state index contributed by atoms with van der Waals surface area (Å²) in [6.07, 6.45) is 1.27. The Balaban J connectivity index is 1.30. The molecule has 1 saturated heterocycles. The van der Waals surface area contributed by atoms with Crippen LogP contribution in [0.15, 0.2) is 78.9 Å². The second-order valence-electron chi connectivity index (χ2n) is 8.67. The first-order valence-electron chi connectivity index (χ1n) is 11.6. The Labute approximate surface area is 200 Å². The topological polar surface area (TPSA) is 78.5 Å². The smallest absolute Gasteiger partial charge is 0.255 e. The third-order valence-electron chi connectivity index (χ3n) is 6.14. The molecule has 4 rings (SSSR count). The summed E-state index contributed by atoms with van der Waals surface area (Å²) in [5.74, 6) is -0.355. The summed E-state index contributed by atoms with van der Waals surface area (Å²) in [6, 6.07) is 24.1. The highest BCUT2D eigenvalue weighted by Crippen LogP contribution is 2.21. The van der Waals surface area contributed by atoms with Gasteiger partial charge in [-0.15, -0.1) is 0 Å². The summed E-state index contributed by atoms with van der Waals surface area (Å²) in [5.41, 5.74) is 3.81. The molecule has 174 valence electrons. The highest BCUT2D eigenvalue weighted by molar-refractivity contribution is 6.05. The van der Waals surface area contributed by atoms with Crippen molar-refractivity contribution in [3.05, 3.63) is 101 Å². The number of piperidine rings is 1. The molecule has 1 aliphatic rings. The predicted octanol–water partition coefficient (Wildman–Crippen LogP) is 4.42. The first kappa shape index (κ1) is 23.2. The second-order valence-corrected chi connectivity index (χ2v) is 8.67. The molecule has 0 bridgehead atoms. The Hall–Kier alpha value is -3.93. The molecule has 3 amide bonds. The number of aryl methyl sites for hydroxylation is 1. The first-order chi connectivity index (χ1) is 16.5. The number of likely N-dealkylation sites (tertiary alicyclic amines) is 1. The monoisotopic (exact) mass is 455 g/mol. The minimum atomic E-state index is -0.216. The lowest BCUT2D eigenvalue weighted by molar-refractivity contribution is -0.126. The molecule has 6 nitrogen and oxygen atoms in total. The fourth-order valence-corrected chi connectivity index (χ4v) is 4.09. The second kappa shape index (κ2) is 10.8. The van der Waals surface area contributed by atoms with Crippen LogP contribution in [-0.4, -0.2) is 35.7 Å². The zero-order chi connectivity index (χ0) is 23.9. The van der Waals surface area contributed by atoms with E-state index in [-0.39, 0.29) is 23.6 Å². The maximum atomic E-state index is 13.0. The molecule has 0 atom stereocenters. The zero-order valence-electron chi connectivity index (χ0n) is 19.3. The first-order valence-corrected chi connectivity index (χ1v) is 11.6. The molecule has 0 radical (unpaired) electrons. The van der Waals surface area contributed by atoms with E-state index in [1.807, 2.05) is 49.4 Å². The molecular weight excluding hydrogens is 426 g/mol. The minimum absolute atomic E-state index is 0.0387. The van der Waals surface area contributed by atoms with Crippen LogP contribution in [0.1, 0.15) is 44.7 Å². The molecule has 6 heteroatoms. The molecule has 0 spiro atoms. The number of nitrogens with zero attached hydrogens (tertiary/aromatic N) is 1. The molecule has 1 fully saturated rings. The number of nitrogens with one attached hydrogen (secondary N) is 2. The van der Waals surface area contributed by atoms with Crippen LogP contribution in [0.5, 0.6) is 0 Å². The maximum absolute atomic E-state index is 13.0. The number of anilines is 1. The van der Waals surface area contributed by atoms with Gasteiger partial charge in [0.25, 0.3) is 11.8 Å². The van der Waals surface area contributed by atoms with Crippen molar-refractivity contribution in [1.29, 1.82) is 0 Å². The van der Waals surface area contributed by atoms with E-state index in [0.29, 0.717) is 49.3 Å². The van der Waals surface area contributed by atoms with Gasteiger partial charge < -0.3 is 15.5 Å². The van der Waals surface area contributed by atoms with Crippen LogP contribution in [0.3, 0.4) is 0 Å². The van der Waals surface area contributed by atoms with Crippen molar-refractivity contribution < 1.29 is 14.4 Å². The van der Waals surface area contributed by atoms with Gasteiger partial charge in [0.1, 0.15) is 0 Å². The van der Waals surface area contributed by atoms with Crippen molar-refractivity contribution >= 4 is 23.4 Å². The zero-order valence-corrected chi connectivity index (χ0v) is 19.3. The van der Waals surface area contributed by atoms with E-state index in [4.69, 9.17) is 0 Å². The lowest BCUT2D eigenvalue weighted by Gasteiger charge is -2.31. The van der Waals surface area contributed by atoms with Crippen LogP contribution in [0, 0.1) is 12.8 Å². The molecule has 3 aromatic rings. The molecule has 1 heterocycles. The van der Waals surface area contributed by atoms with Gasteiger partial charge in [-0.1, -0.05) is 54.1 Å². The SMILES string of the molecule is Cc1ccc(C(=O)Nc2cccc(C(=O)N3CCC(C(=O)NCc4ccccc4)CC3)c2)cc1. The van der Waals surface area contributed by atoms with Crippen molar-refractivity contribution in [2.24, 2.45) is 5.92 Å². The predicted molar refractivity (Wildman–Crippen MR) is 132 cm³/mol. The number of hydrogen-bond donors (Lipinski definition) is 2. The number of carbonyl (C=O) groups excluding carboxylic acids is 3. The molecule has 0 aromatic heterocycles. The van der Waals surface area contributed by atoms with Crippen LogP contribution >= 0.6 is 0 Å². The standard InChI is InChI=1S/C28H29N3O3/c1-20-10-12-22(13-11-20)27(33)30-25-9-5-8-24(18-25)28(34)31-16-14-23(15-17-31)26(32)29-19-21-6-3-2-4-7-21/h2-13,18,23H,14-17,19H2,1H3,(H,29,32)(H,30,33). The summed E-state index contributed by atoms with van der Waals surface area (Å²) in [4.78, 5) is 39.9. The van der Waals surface area contributed by atoms with Gasteiger partial charge in [-0.05, 0) is 55.7 Å². The van der Waals surface area contributed by atoms with Crippen molar-refractivity contribution in [1.82, 2.24) is 10.2 Å². The summed E-state index contributed by atoms with van der Waals surface area (Å²) in [7, 11) is 0. The van der Waals surface area contributed by atoms with Gasteiger partial charge in [0.05, 0.1) is 0 Å². The van der Waals surface area contributed by atoms with Crippen molar-refractivity contribution in [3.63, 3.8) is 0 Å². The number of carbonyl (C=O) groups is 3. The van der Waals surface area contributed by atoms with E-state index in [1.54, 1.807) is 41.3 Å². The highest BCUT2D eigenvalue weighted by atomic mass is 16.2. The molecule has 0 saturated carbocycles. The van der Waals surface area contributed by atoms with Crippen LogP contribution in [0.2, 0.25) is 0 Å². The average molecular weight is 456 g/mol. The molecule has 34 heavy (non-hydrogen) atoms. The Morgan fingerprint density at radius 3 is 2.26 bits per heavy atom. The van der Waals surface area contributed by atoms with E-state index >= 15 is 0 Å². The van der Waals surface area contributed by atoms with Crippen LogP contribution < -0.4 is 10.6 Å². The lowest BCUT2D eigenvalue weighted by Crippen LogP contribution is -2.42. The van der Waals surface area contributed by atoms with E-state index < -0.39 is 0 Å². The van der Waals surface area contributed by atoms with Crippen molar-refractivity contribution in [2.75, 3.05) is 18.4 Å². The number of hydrogen-bond acceptors (Lipinski definition) is 3. The van der Waals surface area contributed by atoms with Crippen LogP contribution in [-0.2, 0) is 11.3 Å². The number of amides is 3. The largest absolute Gasteiger partial charge is 0.352 e. The van der Waals surface area contributed by atoms with Crippen LogP contribution in [0.4, 0.5) is 5.69 Å². The quantitative estimate of drug-likeness (QED) is 0.578. The molecule has 2 N–H and O–H groups in total. The highest BCUT2D eigenvalue weighted by Gasteiger charge is 2.27. The maximum Gasteiger partial charge on any atom is 0.255 e. The average Bonchev–Trinajstić information content (AvgIpc) is 2.88. The third-order valence-corrected chi connectivity index (χ3v) is 6.14. The lowest BCUT2D eigenvalue weighted by atomic mass is 9.95. The molecule has 0 aliphatic carbocycles. The van der Waals surface area contributed by atoms with Gasteiger partial charge in [-0.3, -0.25) is 14.4 Å². The Morgan fingerprint density at radius 2 is 1.56 bits per heavy atom. The van der Waals surface area contributed by atoms with E-state index in [1.165, 1.54) is 0 Å². The molecule has 3 aromatic carbocycles. The summed E-state index contributed by atoms with van der Waals surface area (Å²) in [5, 5.41) is 5.87. The van der Waals surface area contributed by atoms with E-state index in [2.05, 4.69) is 10.6 Å². The van der Waals surface area contributed by atoms with Crippen molar-refractivity contribution in [2.45, 2.75) is 26.3 Å². The summed E-state index contributed by atoms with van der Waals surface area (Å²) < 4.78 is 0. The Morgan fingerprint density at radius 1 is 0.853 bits per heavy atom. The van der Waals surface area contributed by atoms with Crippen LogP contribution in [0.25, 0.3) is 0 Å². The van der Waals surface area contributed by atoms with E-state index in [9.17, 15) is 14.4 Å². The number of benzene rings is 3. The fraction of sp³-hybridized carbons (Fsp3) is 0.250. The van der Waals surface area contributed by atoms with Gasteiger partial charge >= 0.3 is 0 Å². The van der Waals surface area contributed by atoms with Crippen molar-refractivity contribution in [3.8, 4) is 0 Å². The third kappa shape index (κ3) is 5.90. The summed E-state index contributed by atoms with van der Waals surface area (Å²) in [6.45, 7) is 3.54. The minimum Gasteiger partial charge on any atom is -0.352 e. The van der Waals surface area contributed by atoms with Gasteiger partial charge in [0, 0.05) is 42.4 Å². The fourth-order valence-electron chi connectivity index (χ4n) is 4.09. The van der Waals surface area contributed by atoms with Gasteiger partial charge in [-0.25, -0.2) is 0 Å². The Bertz CT molecular complexity index is 1150. The van der Waals surface area contributed by atoms with E-state index in [0.717, 1.165) is 11.1 Å². The normalized spacial score (nSPS) is 13.9. The van der Waals surface area contributed by atoms with Gasteiger partial charge in [-0.2, -0.15) is 0 Å². The molecular formula is C28H29N3O3. The number of rotatable bonds is 6. The Kier molecular flexibility index (Phi) is 7.38. The van der Waals surface area contributed by atoms with Gasteiger partial charge in [0.15, 0.2) is 0 Å². The molecule has 0 unspecified atom stereocenters. The van der Waals surface area contributed by atoms with Gasteiger partial charge in [0.2, 0.25) is 5.91 Å². The summed E-state index contributed by atoms with van der Waals surface area (Å²) >= 11 is 0. The molecule has 1 aliphatic heterocycles.